The summed E-state index contributed by atoms with van der Waals surface area (Å²) >= 11 is 0. The Morgan fingerprint density at radius 1 is 0.425 bits per heavy atom. The molecule has 214 valence electrons. The van der Waals surface area contributed by atoms with Crippen LogP contribution in [0.5, 0.6) is 11.5 Å². The predicted molar refractivity (Wildman–Crippen MR) is 167 cm³/mol. The fourth-order valence-electron chi connectivity index (χ4n) is 4.16. The third kappa shape index (κ3) is 7.91. The first kappa shape index (κ1) is 30.7. The SMILES string of the molecule is CC(C)OP(Oc1ccc2ccccc2c1-c1c(OP(OC(C)C)OC(C)C)ccc2ccccc12)OC(C)C. The lowest BCUT2D eigenvalue weighted by atomic mass is 9.92. The average Bonchev–Trinajstić information content (AvgIpc) is 2.87. The zero-order chi connectivity index (χ0) is 28.8. The molecule has 0 unspecified atom stereocenters. The van der Waals surface area contributed by atoms with Crippen LogP contribution < -0.4 is 9.05 Å². The highest BCUT2D eigenvalue weighted by Gasteiger charge is 2.27. The van der Waals surface area contributed by atoms with Gasteiger partial charge in [-0.3, -0.25) is 18.1 Å². The number of benzene rings is 4. The summed E-state index contributed by atoms with van der Waals surface area (Å²) in [5, 5.41) is 4.23. The molecule has 4 aromatic carbocycles. The van der Waals surface area contributed by atoms with Crippen molar-refractivity contribution in [2.45, 2.75) is 79.8 Å². The van der Waals surface area contributed by atoms with Crippen LogP contribution >= 0.6 is 17.2 Å². The Hall–Kier alpha value is -2.30. The Morgan fingerprint density at radius 2 is 0.750 bits per heavy atom. The minimum absolute atomic E-state index is 0.0601. The molecule has 8 heteroatoms. The van der Waals surface area contributed by atoms with Gasteiger partial charge in [-0.25, -0.2) is 0 Å². The molecule has 0 bridgehead atoms. The molecule has 0 N–H and O–H groups in total. The Morgan fingerprint density at radius 3 is 1.07 bits per heavy atom. The van der Waals surface area contributed by atoms with Crippen molar-refractivity contribution in [1.82, 2.24) is 0 Å². The Bertz CT molecular complexity index is 1280. The molecule has 0 atom stereocenters. The standard InChI is InChI=1S/C32H40O6P2/c1-21(2)33-39(34-22(3)4)37-29-19-17-25-13-9-11-15-27(25)31(29)32-28-16-12-10-14-26(28)18-20-30(32)38-40(35-23(5)6)36-24(7)8/h9-24H,1-8H3. The second-order valence-electron chi connectivity index (χ2n) is 10.6. The van der Waals surface area contributed by atoms with E-state index in [-0.39, 0.29) is 24.4 Å². The summed E-state index contributed by atoms with van der Waals surface area (Å²) < 4.78 is 37.5. The molecule has 0 saturated carbocycles. The number of hydrogen-bond acceptors (Lipinski definition) is 6. The first-order valence-corrected chi connectivity index (χ1v) is 16.0. The van der Waals surface area contributed by atoms with Crippen molar-refractivity contribution in [2.24, 2.45) is 0 Å². The summed E-state index contributed by atoms with van der Waals surface area (Å²) in [5.74, 6) is 1.32. The zero-order valence-electron chi connectivity index (χ0n) is 24.6. The molecule has 0 aromatic heterocycles. The van der Waals surface area contributed by atoms with E-state index in [0.29, 0.717) is 11.5 Å². The van der Waals surface area contributed by atoms with Gasteiger partial charge in [-0.05, 0) is 89.1 Å². The predicted octanol–water partition coefficient (Wildman–Crippen LogP) is 10.6. The minimum atomic E-state index is -1.66. The van der Waals surface area contributed by atoms with Crippen LogP contribution in [0.3, 0.4) is 0 Å². The van der Waals surface area contributed by atoms with E-state index >= 15 is 0 Å². The maximum absolute atomic E-state index is 6.58. The van der Waals surface area contributed by atoms with Crippen molar-refractivity contribution >= 4 is 38.7 Å². The van der Waals surface area contributed by atoms with Crippen LogP contribution in [0.1, 0.15) is 55.4 Å². The Balaban J connectivity index is 1.96. The van der Waals surface area contributed by atoms with Gasteiger partial charge in [0.15, 0.2) is 0 Å². The van der Waals surface area contributed by atoms with Gasteiger partial charge < -0.3 is 9.05 Å². The van der Waals surface area contributed by atoms with E-state index in [1.54, 1.807) is 0 Å². The van der Waals surface area contributed by atoms with Gasteiger partial charge in [-0.2, -0.15) is 0 Å². The average molecular weight is 583 g/mol. The smallest absolute Gasteiger partial charge is 0.397 e. The molecule has 0 aliphatic carbocycles. The molecule has 0 spiro atoms. The van der Waals surface area contributed by atoms with Crippen molar-refractivity contribution < 1.29 is 27.1 Å². The van der Waals surface area contributed by atoms with Crippen molar-refractivity contribution in [3.05, 3.63) is 72.8 Å². The number of rotatable bonds is 13. The van der Waals surface area contributed by atoms with Gasteiger partial charge in [0.1, 0.15) is 11.5 Å². The monoisotopic (exact) mass is 582 g/mol. The van der Waals surface area contributed by atoms with E-state index < -0.39 is 17.2 Å². The molecule has 6 nitrogen and oxygen atoms in total. The van der Waals surface area contributed by atoms with Gasteiger partial charge in [-0.15, -0.1) is 0 Å². The van der Waals surface area contributed by atoms with Crippen molar-refractivity contribution in [2.75, 3.05) is 0 Å². The lowest BCUT2D eigenvalue weighted by molar-refractivity contribution is 0.142. The molecular formula is C32H40O6P2. The fourth-order valence-corrected chi connectivity index (χ4v) is 6.43. The van der Waals surface area contributed by atoms with Crippen molar-refractivity contribution in [1.29, 1.82) is 0 Å². The van der Waals surface area contributed by atoms with Crippen LogP contribution in [0.4, 0.5) is 0 Å². The molecule has 0 heterocycles. The van der Waals surface area contributed by atoms with E-state index in [0.717, 1.165) is 32.7 Å². The van der Waals surface area contributed by atoms with Gasteiger partial charge in [0.25, 0.3) is 0 Å². The maximum Gasteiger partial charge on any atom is 0.397 e. The first-order chi connectivity index (χ1) is 19.1. The third-order valence-electron chi connectivity index (χ3n) is 5.56. The molecule has 0 aliphatic heterocycles. The lowest BCUT2D eigenvalue weighted by Gasteiger charge is -2.25. The topological polar surface area (TPSA) is 55.4 Å². The largest absolute Gasteiger partial charge is 0.426 e. The highest BCUT2D eigenvalue weighted by molar-refractivity contribution is 7.42. The molecule has 0 amide bonds. The van der Waals surface area contributed by atoms with Crippen LogP contribution in [0.2, 0.25) is 0 Å². The summed E-state index contributed by atoms with van der Waals surface area (Å²) in [6.07, 6.45) is -0.240. The molecule has 0 saturated heterocycles. The molecule has 4 rings (SSSR count). The van der Waals surface area contributed by atoms with Gasteiger partial charge >= 0.3 is 17.2 Å². The van der Waals surface area contributed by atoms with E-state index in [9.17, 15) is 0 Å². The summed E-state index contributed by atoms with van der Waals surface area (Å²) in [7, 11) is -3.31. The zero-order valence-corrected chi connectivity index (χ0v) is 26.4. The molecule has 0 fully saturated rings. The van der Waals surface area contributed by atoms with Crippen LogP contribution in [0.15, 0.2) is 72.8 Å². The lowest BCUT2D eigenvalue weighted by Crippen LogP contribution is -2.09. The van der Waals surface area contributed by atoms with Crippen LogP contribution in [0.25, 0.3) is 32.7 Å². The first-order valence-electron chi connectivity index (χ1n) is 13.8. The summed E-state index contributed by atoms with van der Waals surface area (Å²) in [4.78, 5) is 0. The van der Waals surface area contributed by atoms with Gasteiger partial charge in [-0.1, -0.05) is 60.7 Å². The Labute approximate surface area is 240 Å². The van der Waals surface area contributed by atoms with E-state index in [2.05, 4.69) is 36.4 Å². The molecule has 0 radical (unpaired) electrons. The summed E-state index contributed by atoms with van der Waals surface area (Å²) in [5.41, 5.74) is 1.81. The molecule has 4 aromatic rings. The van der Waals surface area contributed by atoms with Crippen LogP contribution in [0, 0.1) is 0 Å². The summed E-state index contributed by atoms with van der Waals surface area (Å²) in [6.45, 7) is 15.8. The second kappa shape index (κ2) is 14.0. The normalized spacial score (nSPS) is 12.2. The van der Waals surface area contributed by atoms with Crippen LogP contribution in [-0.2, 0) is 18.1 Å². The Kier molecular flexibility index (Phi) is 10.8. The maximum atomic E-state index is 6.58. The highest BCUT2D eigenvalue weighted by atomic mass is 31.2. The van der Waals surface area contributed by atoms with Crippen molar-refractivity contribution in [3.8, 4) is 22.6 Å². The van der Waals surface area contributed by atoms with E-state index in [1.807, 2.05) is 91.8 Å². The summed E-state index contributed by atoms with van der Waals surface area (Å²) in [6, 6.07) is 24.7. The van der Waals surface area contributed by atoms with Gasteiger partial charge in [0.2, 0.25) is 0 Å². The molecular weight excluding hydrogens is 542 g/mol. The second-order valence-corrected chi connectivity index (χ2v) is 12.7. The highest BCUT2D eigenvalue weighted by Crippen LogP contribution is 2.53. The van der Waals surface area contributed by atoms with Crippen molar-refractivity contribution in [3.63, 3.8) is 0 Å². The third-order valence-corrected chi connectivity index (χ3v) is 8.63. The molecule has 0 aliphatic rings. The van der Waals surface area contributed by atoms with Gasteiger partial charge in [0.05, 0.1) is 24.4 Å². The fraction of sp³-hybridized carbons (Fsp3) is 0.375. The van der Waals surface area contributed by atoms with E-state index in [1.165, 1.54) is 0 Å². The number of hydrogen-bond donors (Lipinski definition) is 0. The van der Waals surface area contributed by atoms with Crippen LogP contribution in [-0.4, -0.2) is 24.4 Å². The quantitative estimate of drug-likeness (QED) is 0.146. The number of fused-ring (bicyclic) bond motifs is 2. The van der Waals surface area contributed by atoms with E-state index in [4.69, 9.17) is 27.1 Å². The molecule has 40 heavy (non-hydrogen) atoms. The van der Waals surface area contributed by atoms with Gasteiger partial charge in [0, 0.05) is 11.1 Å². The minimum Gasteiger partial charge on any atom is -0.426 e.